The van der Waals surface area contributed by atoms with Gasteiger partial charge in [-0.05, 0) is 29.8 Å². The lowest BCUT2D eigenvalue weighted by molar-refractivity contribution is 0.400. The smallest absolute Gasteiger partial charge is 0.170 e. The average Bonchev–Trinajstić information content (AvgIpc) is 3.17. The molecule has 0 saturated heterocycles. The van der Waals surface area contributed by atoms with E-state index in [1.165, 1.54) is 7.11 Å². The van der Waals surface area contributed by atoms with Gasteiger partial charge in [-0.1, -0.05) is 0 Å². The van der Waals surface area contributed by atoms with Crippen molar-refractivity contribution in [2.45, 2.75) is 6.54 Å². The summed E-state index contributed by atoms with van der Waals surface area (Å²) in [4.78, 5) is 4.02. The first-order valence-electron chi connectivity index (χ1n) is 8.16. The molecular weight excluding hydrogens is 352 g/mol. The molecule has 0 radical (unpaired) electrons. The highest BCUT2D eigenvalue weighted by Gasteiger charge is 2.14. The molecule has 8 heteroatoms. The highest BCUT2D eigenvalue weighted by molar-refractivity contribution is 5.78. The summed E-state index contributed by atoms with van der Waals surface area (Å²) in [7, 11) is 1.37. The number of fused-ring (bicyclic) bond motifs is 1. The number of halogens is 2. The Bertz CT molecular complexity index is 1100. The Balaban J connectivity index is 1.68. The lowest BCUT2D eigenvalue weighted by Crippen LogP contribution is -2.08. The van der Waals surface area contributed by atoms with Gasteiger partial charge in [-0.3, -0.25) is 9.38 Å². The van der Waals surface area contributed by atoms with Crippen LogP contribution in [0.15, 0.2) is 55.1 Å². The molecule has 0 amide bonds. The van der Waals surface area contributed by atoms with Crippen LogP contribution in [0.25, 0.3) is 16.8 Å². The first-order valence-corrected chi connectivity index (χ1v) is 8.16. The summed E-state index contributed by atoms with van der Waals surface area (Å²) in [5.41, 5.74) is 2.74. The average molecular weight is 367 g/mol. The van der Waals surface area contributed by atoms with E-state index >= 15 is 0 Å². The lowest BCUT2D eigenvalue weighted by Gasteiger charge is -2.14. The van der Waals surface area contributed by atoms with Gasteiger partial charge in [0.25, 0.3) is 0 Å². The van der Waals surface area contributed by atoms with Gasteiger partial charge in [0.2, 0.25) is 0 Å². The third kappa shape index (κ3) is 3.17. The fourth-order valence-electron chi connectivity index (χ4n) is 2.93. The Morgan fingerprint density at radius 2 is 1.93 bits per heavy atom. The molecule has 4 aromatic rings. The molecule has 1 N–H and O–H groups in total. The molecule has 0 bridgehead atoms. The number of rotatable bonds is 5. The van der Waals surface area contributed by atoms with Crippen LogP contribution in [0.1, 0.15) is 5.56 Å². The maximum atomic E-state index is 14.1. The van der Waals surface area contributed by atoms with Crippen molar-refractivity contribution in [3.63, 3.8) is 0 Å². The van der Waals surface area contributed by atoms with Crippen LogP contribution in [-0.4, -0.2) is 26.7 Å². The monoisotopic (exact) mass is 367 g/mol. The summed E-state index contributed by atoms with van der Waals surface area (Å²) in [6.45, 7) is 0.108. The molecular formula is C19H15F2N5O. The number of nitrogens with one attached hydrogen (secondary N) is 1. The molecule has 4 rings (SSSR count). The van der Waals surface area contributed by atoms with Gasteiger partial charge in [-0.15, -0.1) is 10.2 Å². The number of nitrogens with zero attached hydrogens (tertiary/aromatic N) is 4. The zero-order valence-electron chi connectivity index (χ0n) is 14.4. The number of anilines is 1. The summed E-state index contributed by atoms with van der Waals surface area (Å²) >= 11 is 0. The van der Waals surface area contributed by atoms with Crippen LogP contribution in [0.5, 0.6) is 5.75 Å². The Morgan fingerprint density at radius 1 is 1.11 bits per heavy atom. The zero-order chi connectivity index (χ0) is 18.8. The summed E-state index contributed by atoms with van der Waals surface area (Å²) in [5, 5.41) is 11.3. The third-order valence-corrected chi connectivity index (χ3v) is 4.23. The van der Waals surface area contributed by atoms with Crippen LogP contribution < -0.4 is 10.1 Å². The molecule has 6 nitrogen and oxygen atoms in total. The molecule has 1 aromatic carbocycles. The van der Waals surface area contributed by atoms with Gasteiger partial charge >= 0.3 is 0 Å². The van der Waals surface area contributed by atoms with Crippen molar-refractivity contribution in [1.82, 2.24) is 19.6 Å². The molecule has 0 aliphatic carbocycles. The van der Waals surface area contributed by atoms with Crippen molar-refractivity contribution < 1.29 is 13.5 Å². The Morgan fingerprint density at radius 3 is 2.70 bits per heavy atom. The molecule has 0 unspecified atom stereocenters. The molecule has 0 saturated carbocycles. The Hall–Kier alpha value is -3.55. The second-order valence-corrected chi connectivity index (χ2v) is 5.81. The van der Waals surface area contributed by atoms with E-state index in [0.29, 0.717) is 11.5 Å². The molecule has 0 fully saturated rings. The quantitative estimate of drug-likeness (QED) is 0.583. The predicted molar refractivity (Wildman–Crippen MR) is 96.5 cm³/mol. The maximum absolute atomic E-state index is 14.1. The number of aromatic nitrogens is 4. The van der Waals surface area contributed by atoms with Crippen LogP contribution in [0.3, 0.4) is 0 Å². The minimum absolute atomic E-state index is 0.108. The van der Waals surface area contributed by atoms with E-state index in [-0.39, 0.29) is 17.9 Å². The van der Waals surface area contributed by atoms with E-state index in [1.807, 2.05) is 24.3 Å². The van der Waals surface area contributed by atoms with E-state index in [4.69, 9.17) is 4.74 Å². The zero-order valence-corrected chi connectivity index (χ0v) is 14.4. The highest BCUT2D eigenvalue weighted by Crippen LogP contribution is 2.27. The number of benzene rings is 1. The van der Waals surface area contributed by atoms with Crippen molar-refractivity contribution in [2.75, 3.05) is 12.4 Å². The SMILES string of the molecule is COc1cc(F)cc(F)c1CNc1ccc(-c2ccncc2)c2nncn12. The normalized spacial score (nSPS) is 10.9. The number of methoxy groups -OCH3 is 1. The second-order valence-electron chi connectivity index (χ2n) is 5.81. The fraction of sp³-hybridized carbons (Fsp3) is 0.105. The third-order valence-electron chi connectivity index (χ3n) is 4.23. The summed E-state index contributed by atoms with van der Waals surface area (Å²) in [6.07, 6.45) is 4.98. The topological polar surface area (TPSA) is 64.3 Å². The van der Waals surface area contributed by atoms with Crippen molar-refractivity contribution in [3.05, 3.63) is 72.3 Å². The molecule has 3 aromatic heterocycles. The van der Waals surface area contributed by atoms with E-state index in [2.05, 4.69) is 20.5 Å². The molecule has 27 heavy (non-hydrogen) atoms. The largest absolute Gasteiger partial charge is 0.496 e. The van der Waals surface area contributed by atoms with E-state index in [0.717, 1.165) is 23.3 Å². The summed E-state index contributed by atoms with van der Waals surface area (Å²) < 4.78 is 34.4. The number of pyridine rings is 2. The van der Waals surface area contributed by atoms with E-state index < -0.39 is 11.6 Å². The first-order chi connectivity index (χ1) is 13.2. The van der Waals surface area contributed by atoms with Gasteiger partial charge in [0.1, 0.15) is 29.5 Å². The second kappa shape index (κ2) is 6.99. The molecule has 0 aliphatic heterocycles. The van der Waals surface area contributed by atoms with Crippen LogP contribution in [0, 0.1) is 11.6 Å². The van der Waals surface area contributed by atoms with Crippen molar-refractivity contribution >= 4 is 11.5 Å². The minimum atomic E-state index is -0.684. The molecule has 0 spiro atoms. The minimum Gasteiger partial charge on any atom is -0.496 e. The molecule has 136 valence electrons. The van der Waals surface area contributed by atoms with Gasteiger partial charge < -0.3 is 10.1 Å². The predicted octanol–water partition coefficient (Wildman–Crippen LogP) is 3.69. The molecule has 0 atom stereocenters. The number of hydrogen-bond acceptors (Lipinski definition) is 5. The van der Waals surface area contributed by atoms with Crippen LogP contribution in [-0.2, 0) is 6.54 Å². The van der Waals surface area contributed by atoms with E-state index in [9.17, 15) is 8.78 Å². The van der Waals surface area contributed by atoms with Crippen molar-refractivity contribution in [2.24, 2.45) is 0 Å². The lowest BCUT2D eigenvalue weighted by atomic mass is 10.1. The van der Waals surface area contributed by atoms with Crippen LogP contribution >= 0.6 is 0 Å². The van der Waals surface area contributed by atoms with E-state index in [1.54, 1.807) is 23.1 Å². The van der Waals surface area contributed by atoms with Gasteiger partial charge in [-0.25, -0.2) is 8.78 Å². The van der Waals surface area contributed by atoms with Crippen LogP contribution in [0.2, 0.25) is 0 Å². The van der Waals surface area contributed by atoms with Gasteiger partial charge in [0.05, 0.1) is 7.11 Å². The maximum Gasteiger partial charge on any atom is 0.170 e. The summed E-state index contributed by atoms with van der Waals surface area (Å²) in [5.74, 6) is -0.546. The standard InChI is InChI=1S/C19H15F2N5O/c1-27-17-9-13(20)8-16(21)15(17)10-23-18-3-2-14(12-4-6-22-7-5-12)19-25-24-11-26(18)19/h2-9,11,23H,10H2,1H3. The molecule has 0 aliphatic rings. The summed E-state index contributed by atoms with van der Waals surface area (Å²) in [6, 6.07) is 9.51. The van der Waals surface area contributed by atoms with Gasteiger partial charge in [-0.2, -0.15) is 0 Å². The number of ether oxygens (including phenoxy) is 1. The first kappa shape index (κ1) is 16.9. The Kier molecular flexibility index (Phi) is 4.37. The fourth-order valence-corrected chi connectivity index (χ4v) is 2.93. The number of hydrogen-bond donors (Lipinski definition) is 1. The molecule has 3 heterocycles. The van der Waals surface area contributed by atoms with Crippen LogP contribution in [0.4, 0.5) is 14.6 Å². The van der Waals surface area contributed by atoms with Crippen molar-refractivity contribution in [3.8, 4) is 16.9 Å². The van der Waals surface area contributed by atoms with Crippen molar-refractivity contribution in [1.29, 1.82) is 0 Å². The van der Waals surface area contributed by atoms with Gasteiger partial charge in [0.15, 0.2) is 5.65 Å². The Labute approximate surface area is 153 Å². The van der Waals surface area contributed by atoms with Gasteiger partial charge in [0, 0.05) is 42.2 Å². The highest BCUT2D eigenvalue weighted by atomic mass is 19.1.